The summed E-state index contributed by atoms with van der Waals surface area (Å²) in [4.78, 5) is 2.37. The molecule has 0 spiro atoms. The molecule has 0 fully saturated rings. The molecule has 11 aromatic rings. The number of furan rings is 1. The van der Waals surface area contributed by atoms with Crippen LogP contribution in [0.5, 0.6) is 0 Å². The first kappa shape index (κ1) is 35.2. The average Bonchev–Trinajstić information content (AvgIpc) is 3.71. The fraction of sp³-hybridized carbons (Fsp3) is 0. The summed E-state index contributed by atoms with van der Waals surface area (Å²) in [5, 5.41) is 4.72. The summed E-state index contributed by atoms with van der Waals surface area (Å²) in [5.74, 6) is 0. The van der Waals surface area contributed by atoms with E-state index < -0.39 is 0 Å². The number of para-hydroxylation sites is 1. The minimum absolute atomic E-state index is 0.889. The highest BCUT2D eigenvalue weighted by molar-refractivity contribution is 6.10. The molecule has 0 aliphatic rings. The van der Waals surface area contributed by atoms with Gasteiger partial charge in [0.05, 0.1) is 0 Å². The van der Waals surface area contributed by atoms with Crippen molar-refractivity contribution >= 4 is 49.8 Å². The minimum Gasteiger partial charge on any atom is -0.455 e. The van der Waals surface area contributed by atoms with E-state index in [1.165, 1.54) is 44.2 Å². The van der Waals surface area contributed by atoms with Crippen molar-refractivity contribution in [1.82, 2.24) is 0 Å². The van der Waals surface area contributed by atoms with Crippen LogP contribution >= 0.6 is 0 Å². The Labute approximate surface area is 349 Å². The van der Waals surface area contributed by atoms with Crippen LogP contribution in [0.4, 0.5) is 17.1 Å². The Morgan fingerprint density at radius 2 is 0.783 bits per heavy atom. The van der Waals surface area contributed by atoms with Crippen molar-refractivity contribution in [2.45, 2.75) is 0 Å². The fourth-order valence-electron chi connectivity index (χ4n) is 8.64. The van der Waals surface area contributed by atoms with Crippen molar-refractivity contribution in [2.75, 3.05) is 4.90 Å². The second-order valence-electron chi connectivity index (χ2n) is 15.3. The molecule has 282 valence electrons. The van der Waals surface area contributed by atoms with Gasteiger partial charge in [-0.15, -0.1) is 0 Å². The van der Waals surface area contributed by atoms with Gasteiger partial charge >= 0.3 is 0 Å². The molecular weight excluding hydrogens is 727 g/mol. The van der Waals surface area contributed by atoms with Gasteiger partial charge in [0.1, 0.15) is 11.2 Å². The van der Waals surface area contributed by atoms with E-state index in [2.05, 4.69) is 235 Å². The largest absolute Gasteiger partial charge is 0.455 e. The molecule has 0 radical (unpaired) electrons. The van der Waals surface area contributed by atoms with Gasteiger partial charge in [-0.1, -0.05) is 182 Å². The zero-order chi connectivity index (χ0) is 39.8. The summed E-state index contributed by atoms with van der Waals surface area (Å²) >= 11 is 0. The normalized spacial score (nSPS) is 11.3. The van der Waals surface area contributed by atoms with Crippen molar-refractivity contribution in [2.24, 2.45) is 0 Å². The first-order chi connectivity index (χ1) is 29.7. The molecule has 0 atom stereocenters. The Kier molecular flexibility index (Phi) is 8.87. The summed E-state index contributed by atoms with van der Waals surface area (Å²) in [7, 11) is 0. The first-order valence-corrected chi connectivity index (χ1v) is 20.5. The zero-order valence-corrected chi connectivity index (χ0v) is 32.9. The molecular formula is C58H39NO. The van der Waals surface area contributed by atoms with E-state index in [0.717, 1.165) is 61.3 Å². The molecule has 0 aliphatic heterocycles. The van der Waals surface area contributed by atoms with Crippen LogP contribution < -0.4 is 4.90 Å². The lowest BCUT2D eigenvalue weighted by Gasteiger charge is -2.27. The summed E-state index contributed by atoms with van der Waals surface area (Å²) in [5.41, 5.74) is 16.7. The van der Waals surface area contributed by atoms with E-state index in [4.69, 9.17) is 4.42 Å². The Hall–Kier alpha value is -7.94. The number of benzene rings is 10. The summed E-state index contributed by atoms with van der Waals surface area (Å²) in [6.07, 6.45) is 0. The summed E-state index contributed by atoms with van der Waals surface area (Å²) in [6, 6.07) is 84.8. The van der Waals surface area contributed by atoms with Gasteiger partial charge in [0.2, 0.25) is 0 Å². The lowest BCUT2D eigenvalue weighted by atomic mass is 9.93. The second kappa shape index (κ2) is 15.1. The van der Waals surface area contributed by atoms with Gasteiger partial charge in [0.15, 0.2) is 0 Å². The Balaban J connectivity index is 1.01. The minimum atomic E-state index is 0.889. The highest BCUT2D eigenvalue weighted by Crippen LogP contribution is 2.43. The van der Waals surface area contributed by atoms with Gasteiger partial charge in [-0.2, -0.15) is 0 Å². The SMILES string of the molecule is c1ccc(-c2ccc(N(c3ccc(-c4ccc5ccccc5c4)cc3)c3ccc(-c4ccc5oc6c(-c7ccccc7)cccc6c5c4)cc3)cc2-c2ccccc2)cc1. The predicted octanol–water partition coefficient (Wildman–Crippen LogP) is 16.5. The molecule has 2 heteroatoms. The van der Waals surface area contributed by atoms with Crippen LogP contribution in [0.25, 0.3) is 88.3 Å². The van der Waals surface area contributed by atoms with Crippen LogP contribution in [0, 0.1) is 0 Å². The van der Waals surface area contributed by atoms with Crippen molar-refractivity contribution in [3.8, 4) is 55.6 Å². The van der Waals surface area contributed by atoms with Crippen LogP contribution in [0.1, 0.15) is 0 Å². The van der Waals surface area contributed by atoms with Gasteiger partial charge in [0, 0.05) is 33.4 Å². The molecule has 0 unspecified atom stereocenters. The zero-order valence-electron chi connectivity index (χ0n) is 32.9. The molecule has 60 heavy (non-hydrogen) atoms. The Bertz CT molecular complexity index is 3280. The number of nitrogens with zero attached hydrogens (tertiary/aromatic N) is 1. The molecule has 0 N–H and O–H groups in total. The van der Waals surface area contributed by atoms with Crippen LogP contribution in [0.3, 0.4) is 0 Å². The van der Waals surface area contributed by atoms with Gasteiger partial charge in [-0.3, -0.25) is 0 Å². The molecule has 0 saturated heterocycles. The monoisotopic (exact) mass is 765 g/mol. The van der Waals surface area contributed by atoms with E-state index in [0.29, 0.717) is 0 Å². The van der Waals surface area contributed by atoms with E-state index in [-0.39, 0.29) is 0 Å². The molecule has 2 nitrogen and oxygen atoms in total. The molecule has 0 bridgehead atoms. The van der Waals surface area contributed by atoms with E-state index >= 15 is 0 Å². The standard InChI is InChI=1S/C58H39NO/c1-4-14-43(15-5-1)52-35-34-51(39-55(52)45-18-8-3-9-19-45)59(49-30-25-41(26-31-49)47-24-23-40-13-10-11-20-46(40)37-47)50-32-27-42(28-33-50)48-29-36-57-56(38-48)54-22-12-21-53(58(54)60-57)44-16-6-2-7-17-44/h1-39H. The molecule has 1 heterocycles. The fourth-order valence-corrected chi connectivity index (χ4v) is 8.64. The number of hydrogen-bond acceptors (Lipinski definition) is 2. The summed E-state index contributed by atoms with van der Waals surface area (Å²) < 4.78 is 6.50. The third-order valence-electron chi connectivity index (χ3n) is 11.7. The molecule has 0 aliphatic carbocycles. The van der Waals surface area contributed by atoms with Crippen LogP contribution in [0.15, 0.2) is 241 Å². The highest BCUT2D eigenvalue weighted by atomic mass is 16.3. The number of fused-ring (bicyclic) bond motifs is 4. The van der Waals surface area contributed by atoms with E-state index in [1.807, 2.05) is 6.07 Å². The van der Waals surface area contributed by atoms with Crippen LogP contribution in [0.2, 0.25) is 0 Å². The number of hydrogen-bond donors (Lipinski definition) is 0. The van der Waals surface area contributed by atoms with Gasteiger partial charge < -0.3 is 9.32 Å². The van der Waals surface area contributed by atoms with Crippen molar-refractivity contribution in [3.05, 3.63) is 237 Å². The van der Waals surface area contributed by atoms with Crippen molar-refractivity contribution in [3.63, 3.8) is 0 Å². The molecule has 1 aromatic heterocycles. The maximum atomic E-state index is 6.50. The first-order valence-electron chi connectivity index (χ1n) is 20.5. The third-order valence-corrected chi connectivity index (χ3v) is 11.7. The molecule has 0 amide bonds. The van der Waals surface area contributed by atoms with Gasteiger partial charge in [-0.05, 0) is 115 Å². The molecule has 10 aromatic carbocycles. The quantitative estimate of drug-likeness (QED) is 0.153. The van der Waals surface area contributed by atoms with Gasteiger partial charge in [0.25, 0.3) is 0 Å². The number of anilines is 3. The lowest BCUT2D eigenvalue weighted by Crippen LogP contribution is -2.10. The van der Waals surface area contributed by atoms with Crippen LogP contribution in [-0.2, 0) is 0 Å². The summed E-state index contributed by atoms with van der Waals surface area (Å²) in [6.45, 7) is 0. The van der Waals surface area contributed by atoms with Crippen molar-refractivity contribution < 1.29 is 4.42 Å². The van der Waals surface area contributed by atoms with Crippen LogP contribution in [-0.4, -0.2) is 0 Å². The smallest absolute Gasteiger partial charge is 0.143 e. The maximum absolute atomic E-state index is 6.50. The Morgan fingerprint density at radius 1 is 0.267 bits per heavy atom. The number of rotatable bonds is 8. The Morgan fingerprint density at radius 3 is 1.43 bits per heavy atom. The molecule has 0 saturated carbocycles. The third kappa shape index (κ3) is 6.51. The maximum Gasteiger partial charge on any atom is 0.143 e. The van der Waals surface area contributed by atoms with E-state index in [1.54, 1.807) is 0 Å². The predicted molar refractivity (Wildman–Crippen MR) is 253 cm³/mol. The second-order valence-corrected chi connectivity index (χ2v) is 15.3. The lowest BCUT2D eigenvalue weighted by molar-refractivity contribution is 0.670. The average molecular weight is 766 g/mol. The topological polar surface area (TPSA) is 16.4 Å². The van der Waals surface area contributed by atoms with Gasteiger partial charge in [-0.25, -0.2) is 0 Å². The highest BCUT2D eigenvalue weighted by Gasteiger charge is 2.18. The van der Waals surface area contributed by atoms with E-state index in [9.17, 15) is 0 Å². The molecule has 11 rings (SSSR count). The van der Waals surface area contributed by atoms with Crippen molar-refractivity contribution in [1.29, 1.82) is 0 Å².